The van der Waals surface area contributed by atoms with Gasteiger partial charge in [0.25, 0.3) is 0 Å². The lowest BCUT2D eigenvalue weighted by Gasteiger charge is -2.07. The number of aryl methyl sites for hydroxylation is 1. The normalized spacial score (nSPS) is 11.1. The van der Waals surface area contributed by atoms with Crippen LogP contribution in [-0.4, -0.2) is 14.5 Å². The summed E-state index contributed by atoms with van der Waals surface area (Å²) in [4.78, 5) is 8.92. The number of halogens is 2. The van der Waals surface area contributed by atoms with E-state index in [-0.39, 0.29) is 0 Å². The molecule has 96 valence electrons. The minimum absolute atomic E-state index is 0.300. The SMILES string of the molecule is CCc1nc2cc(Cl)c(Cl)nc2n1-c1ccccc1. The Morgan fingerprint density at radius 2 is 1.84 bits per heavy atom. The molecular formula is C14H11Cl2N3. The van der Waals surface area contributed by atoms with Gasteiger partial charge in [0, 0.05) is 12.1 Å². The highest BCUT2D eigenvalue weighted by molar-refractivity contribution is 6.41. The van der Waals surface area contributed by atoms with Gasteiger partial charge >= 0.3 is 0 Å². The van der Waals surface area contributed by atoms with E-state index in [0.29, 0.717) is 10.2 Å². The van der Waals surface area contributed by atoms with Crippen LogP contribution in [0.2, 0.25) is 10.2 Å². The average molecular weight is 292 g/mol. The van der Waals surface area contributed by atoms with Gasteiger partial charge in [-0.05, 0) is 18.2 Å². The van der Waals surface area contributed by atoms with Gasteiger partial charge in [0.15, 0.2) is 5.65 Å². The predicted molar refractivity (Wildman–Crippen MR) is 78.3 cm³/mol. The molecule has 0 unspecified atom stereocenters. The molecule has 0 saturated carbocycles. The number of pyridine rings is 1. The molecule has 5 heteroatoms. The number of imidazole rings is 1. The summed E-state index contributed by atoms with van der Waals surface area (Å²) in [5.74, 6) is 0.937. The smallest absolute Gasteiger partial charge is 0.166 e. The molecule has 0 aliphatic heterocycles. The van der Waals surface area contributed by atoms with Gasteiger partial charge in [-0.2, -0.15) is 0 Å². The van der Waals surface area contributed by atoms with Gasteiger partial charge in [0.2, 0.25) is 0 Å². The second-order valence-corrected chi connectivity index (χ2v) is 4.92. The van der Waals surface area contributed by atoms with Crippen LogP contribution in [0.5, 0.6) is 0 Å². The number of aromatic nitrogens is 3. The zero-order valence-electron chi connectivity index (χ0n) is 10.3. The number of benzene rings is 1. The summed E-state index contributed by atoms with van der Waals surface area (Å²) >= 11 is 12.0. The third-order valence-corrected chi connectivity index (χ3v) is 3.62. The van der Waals surface area contributed by atoms with E-state index in [1.54, 1.807) is 6.07 Å². The molecular weight excluding hydrogens is 281 g/mol. The second kappa shape index (κ2) is 4.83. The third kappa shape index (κ3) is 2.09. The van der Waals surface area contributed by atoms with Crippen LogP contribution in [0.15, 0.2) is 36.4 Å². The molecule has 0 N–H and O–H groups in total. The van der Waals surface area contributed by atoms with Crippen LogP contribution in [-0.2, 0) is 6.42 Å². The molecule has 0 fully saturated rings. The van der Waals surface area contributed by atoms with E-state index < -0.39 is 0 Å². The lowest BCUT2D eigenvalue weighted by Crippen LogP contribution is -2.00. The Morgan fingerprint density at radius 1 is 1.11 bits per heavy atom. The Hall–Kier alpha value is -1.58. The van der Waals surface area contributed by atoms with Crippen molar-refractivity contribution in [1.29, 1.82) is 0 Å². The molecule has 2 aromatic heterocycles. The molecule has 3 nitrogen and oxygen atoms in total. The number of rotatable bonds is 2. The maximum absolute atomic E-state index is 6.02. The van der Waals surface area contributed by atoms with Gasteiger partial charge in [0.1, 0.15) is 16.5 Å². The molecule has 3 rings (SSSR count). The minimum atomic E-state index is 0.300. The molecule has 0 atom stereocenters. The van der Waals surface area contributed by atoms with Gasteiger partial charge in [0.05, 0.1) is 5.02 Å². The summed E-state index contributed by atoms with van der Waals surface area (Å²) in [5, 5.41) is 0.725. The summed E-state index contributed by atoms with van der Waals surface area (Å²) < 4.78 is 2.01. The van der Waals surface area contributed by atoms with E-state index in [0.717, 1.165) is 29.1 Å². The fourth-order valence-electron chi connectivity index (χ4n) is 2.09. The van der Waals surface area contributed by atoms with Crippen LogP contribution >= 0.6 is 23.2 Å². The lowest BCUT2D eigenvalue weighted by atomic mass is 10.3. The van der Waals surface area contributed by atoms with Crippen molar-refractivity contribution < 1.29 is 0 Å². The fourth-order valence-corrected chi connectivity index (χ4v) is 2.37. The van der Waals surface area contributed by atoms with Crippen molar-refractivity contribution in [1.82, 2.24) is 14.5 Å². The van der Waals surface area contributed by atoms with Gasteiger partial charge in [-0.15, -0.1) is 0 Å². The zero-order valence-corrected chi connectivity index (χ0v) is 11.8. The van der Waals surface area contributed by atoms with Crippen LogP contribution in [0.1, 0.15) is 12.7 Å². The molecule has 0 aliphatic carbocycles. The zero-order chi connectivity index (χ0) is 13.4. The largest absolute Gasteiger partial charge is 0.281 e. The number of hydrogen-bond donors (Lipinski definition) is 0. The molecule has 19 heavy (non-hydrogen) atoms. The first kappa shape index (κ1) is 12.5. The summed E-state index contributed by atoms with van der Waals surface area (Å²) in [7, 11) is 0. The Kier molecular flexibility index (Phi) is 3.17. The molecule has 0 amide bonds. The fraction of sp³-hybridized carbons (Fsp3) is 0.143. The molecule has 0 bridgehead atoms. The van der Waals surface area contributed by atoms with Gasteiger partial charge in [-0.1, -0.05) is 48.3 Å². The number of hydrogen-bond acceptors (Lipinski definition) is 2. The van der Waals surface area contributed by atoms with E-state index in [9.17, 15) is 0 Å². The Bertz CT molecular complexity index is 735. The Morgan fingerprint density at radius 3 is 2.53 bits per heavy atom. The first-order valence-electron chi connectivity index (χ1n) is 5.99. The minimum Gasteiger partial charge on any atom is -0.281 e. The number of para-hydroxylation sites is 1. The second-order valence-electron chi connectivity index (χ2n) is 4.16. The maximum Gasteiger partial charge on any atom is 0.166 e. The van der Waals surface area contributed by atoms with Gasteiger partial charge in [-0.3, -0.25) is 4.57 Å². The van der Waals surface area contributed by atoms with E-state index in [1.807, 2.05) is 34.9 Å². The molecule has 2 heterocycles. The Balaban J connectivity index is 2.36. The molecule has 0 spiro atoms. The monoisotopic (exact) mass is 291 g/mol. The average Bonchev–Trinajstić information content (AvgIpc) is 2.78. The molecule has 0 radical (unpaired) electrons. The van der Waals surface area contributed by atoms with Crippen LogP contribution in [0.4, 0.5) is 0 Å². The molecule has 1 aromatic carbocycles. The van der Waals surface area contributed by atoms with Gasteiger partial charge in [-0.25, -0.2) is 9.97 Å². The lowest BCUT2D eigenvalue weighted by molar-refractivity contribution is 0.901. The highest BCUT2D eigenvalue weighted by Crippen LogP contribution is 2.27. The maximum atomic E-state index is 6.02. The van der Waals surface area contributed by atoms with Crippen LogP contribution in [0, 0.1) is 0 Å². The molecule has 0 aliphatic rings. The first-order chi connectivity index (χ1) is 9.20. The van der Waals surface area contributed by atoms with E-state index in [2.05, 4.69) is 16.9 Å². The van der Waals surface area contributed by atoms with Crippen molar-refractivity contribution in [2.24, 2.45) is 0 Å². The van der Waals surface area contributed by atoms with Crippen LogP contribution in [0.3, 0.4) is 0 Å². The highest BCUT2D eigenvalue weighted by atomic mass is 35.5. The van der Waals surface area contributed by atoms with Crippen molar-refractivity contribution in [3.8, 4) is 5.69 Å². The molecule has 0 saturated heterocycles. The molecule has 3 aromatic rings. The number of nitrogens with zero attached hydrogens (tertiary/aromatic N) is 3. The quantitative estimate of drug-likeness (QED) is 0.660. The summed E-state index contributed by atoms with van der Waals surface area (Å²) in [6, 6.07) is 11.7. The first-order valence-corrected chi connectivity index (χ1v) is 6.75. The summed E-state index contributed by atoms with van der Waals surface area (Å²) in [5.41, 5.74) is 2.51. The topological polar surface area (TPSA) is 30.7 Å². The standard InChI is InChI=1S/C14H11Cl2N3/c1-2-12-17-11-8-10(15)13(16)18-14(11)19(12)9-6-4-3-5-7-9/h3-8H,2H2,1H3. The number of fused-ring (bicyclic) bond motifs is 1. The highest BCUT2D eigenvalue weighted by Gasteiger charge is 2.14. The van der Waals surface area contributed by atoms with Crippen LogP contribution < -0.4 is 0 Å². The van der Waals surface area contributed by atoms with E-state index >= 15 is 0 Å². The van der Waals surface area contributed by atoms with E-state index in [4.69, 9.17) is 23.2 Å². The van der Waals surface area contributed by atoms with Crippen molar-refractivity contribution >= 4 is 34.4 Å². The van der Waals surface area contributed by atoms with E-state index in [1.165, 1.54) is 0 Å². The van der Waals surface area contributed by atoms with Crippen molar-refractivity contribution in [2.45, 2.75) is 13.3 Å². The predicted octanol–water partition coefficient (Wildman–Crippen LogP) is 4.29. The van der Waals surface area contributed by atoms with Gasteiger partial charge < -0.3 is 0 Å². The summed E-state index contributed by atoms with van der Waals surface area (Å²) in [6.45, 7) is 2.06. The van der Waals surface area contributed by atoms with Crippen LogP contribution in [0.25, 0.3) is 16.9 Å². The Labute approximate surface area is 120 Å². The van der Waals surface area contributed by atoms with Crippen molar-refractivity contribution in [2.75, 3.05) is 0 Å². The summed E-state index contributed by atoms with van der Waals surface area (Å²) in [6.07, 6.45) is 0.806. The van der Waals surface area contributed by atoms with Crippen molar-refractivity contribution in [3.63, 3.8) is 0 Å². The third-order valence-electron chi connectivity index (χ3n) is 2.94. The van der Waals surface area contributed by atoms with Crippen molar-refractivity contribution in [3.05, 3.63) is 52.4 Å².